The summed E-state index contributed by atoms with van der Waals surface area (Å²) in [6.07, 6.45) is 6.98. The van der Waals surface area contributed by atoms with E-state index in [9.17, 15) is 0 Å². The van der Waals surface area contributed by atoms with Gasteiger partial charge in [0.1, 0.15) is 0 Å². The first kappa shape index (κ1) is 16.3. The summed E-state index contributed by atoms with van der Waals surface area (Å²) >= 11 is 0. The molecule has 0 radical (unpaired) electrons. The smallest absolute Gasteiger partial charge is 0.0613 e. The summed E-state index contributed by atoms with van der Waals surface area (Å²) < 4.78 is 0. The van der Waals surface area contributed by atoms with Crippen molar-refractivity contribution >= 4 is 8.07 Å². The van der Waals surface area contributed by atoms with Crippen LogP contribution in [0.5, 0.6) is 0 Å². The zero-order valence-corrected chi connectivity index (χ0v) is 15.7. The SMILES string of the molecule is C=CCCCCC1([Si](C)(C)C)c2ccccc2-c2ccccc21. The highest BCUT2D eigenvalue weighted by atomic mass is 28.3. The first-order valence-electron chi connectivity index (χ1n) is 8.82. The van der Waals surface area contributed by atoms with Gasteiger partial charge < -0.3 is 0 Å². The number of hydrogen-bond donors (Lipinski definition) is 0. The van der Waals surface area contributed by atoms with E-state index >= 15 is 0 Å². The van der Waals surface area contributed by atoms with Gasteiger partial charge in [-0.15, -0.1) is 6.58 Å². The number of fused-ring (bicyclic) bond motifs is 3. The third-order valence-electron chi connectivity index (χ3n) is 5.55. The fraction of sp³-hybridized carbons (Fsp3) is 0.364. The van der Waals surface area contributed by atoms with Crippen LogP contribution in [0.3, 0.4) is 0 Å². The van der Waals surface area contributed by atoms with Gasteiger partial charge in [-0.3, -0.25) is 0 Å². The van der Waals surface area contributed by atoms with Crippen molar-refractivity contribution < 1.29 is 0 Å². The molecule has 0 amide bonds. The Bertz CT molecular complexity index is 660. The topological polar surface area (TPSA) is 0 Å². The molecule has 23 heavy (non-hydrogen) atoms. The number of hydrogen-bond acceptors (Lipinski definition) is 0. The zero-order valence-electron chi connectivity index (χ0n) is 14.7. The van der Waals surface area contributed by atoms with E-state index in [4.69, 9.17) is 0 Å². The summed E-state index contributed by atoms with van der Waals surface area (Å²) in [5.74, 6) is 0. The minimum absolute atomic E-state index is 0.251. The predicted molar refractivity (Wildman–Crippen MR) is 105 cm³/mol. The first-order chi connectivity index (χ1) is 11.0. The Hall–Kier alpha value is -1.60. The van der Waals surface area contributed by atoms with Crippen molar-refractivity contribution in [3.8, 4) is 11.1 Å². The van der Waals surface area contributed by atoms with Crippen molar-refractivity contribution in [3.05, 3.63) is 72.3 Å². The molecule has 1 aliphatic rings. The summed E-state index contributed by atoms with van der Waals surface area (Å²) in [6.45, 7) is 11.5. The molecule has 0 aromatic heterocycles. The Labute approximate surface area is 142 Å². The standard InChI is InChI=1S/C22H28Si/c1-5-6-7-12-17-22(23(2,3)4)20-15-10-8-13-18(20)19-14-9-11-16-21(19)22/h5,8-11,13-16H,1,6-7,12,17H2,2-4H3. The van der Waals surface area contributed by atoms with Gasteiger partial charge in [0.25, 0.3) is 0 Å². The summed E-state index contributed by atoms with van der Waals surface area (Å²) in [5.41, 5.74) is 6.10. The van der Waals surface area contributed by atoms with Crippen LogP contribution in [-0.2, 0) is 5.04 Å². The Morgan fingerprint density at radius 3 is 1.87 bits per heavy atom. The average molecular weight is 321 g/mol. The Balaban J connectivity index is 2.16. The second-order valence-corrected chi connectivity index (χ2v) is 13.1. The van der Waals surface area contributed by atoms with E-state index in [-0.39, 0.29) is 5.04 Å². The monoisotopic (exact) mass is 320 g/mol. The summed E-state index contributed by atoms with van der Waals surface area (Å²) in [4.78, 5) is 0. The molecule has 1 heteroatoms. The highest BCUT2D eigenvalue weighted by molar-refractivity contribution is 6.80. The maximum absolute atomic E-state index is 3.88. The van der Waals surface area contributed by atoms with Crippen LogP contribution in [0.15, 0.2) is 61.2 Å². The fourth-order valence-electron chi connectivity index (χ4n) is 4.46. The van der Waals surface area contributed by atoms with Gasteiger partial charge in [0, 0.05) is 5.04 Å². The van der Waals surface area contributed by atoms with Crippen molar-refractivity contribution in [2.75, 3.05) is 0 Å². The third kappa shape index (κ3) is 2.51. The van der Waals surface area contributed by atoms with Crippen molar-refractivity contribution in [1.82, 2.24) is 0 Å². The molecule has 0 bridgehead atoms. The second-order valence-electron chi connectivity index (χ2n) is 7.78. The molecule has 0 spiro atoms. The molecule has 0 nitrogen and oxygen atoms in total. The maximum Gasteiger partial charge on any atom is 0.0613 e. The van der Waals surface area contributed by atoms with Crippen LogP contribution in [0.4, 0.5) is 0 Å². The molecular weight excluding hydrogens is 292 g/mol. The summed E-state index contributed by atoms with van der Waals surface area (Å²) in [5, 5.41) is 0.251. The molecule has 0 N–H and O–H groups in total. The minimum Gasteiger partial charge on any atom is -0.103 e. The number of allylic oxidation sites excluding steroid dienone is 1. The van der Waals surface area contributed by atoms with E-state index in [1.807, 2.05) is 0 Å². The predicted octanol–water partition coefficient (Wildman–Crippen LogP) is 6.58. The van der Waals surface area contributed by atoms with Crippen LogP contribution in [-0.4, -0.2) is 8.07 Å². The molecule has 2 aromatic carbocycles. The second kappa shape index (κ2) is 6.12. The Morgan fingerprint density at radius 1 is 0.870 bits per heavy atom. The minimum atomic E-state index is -1.46. The number of unbranched alkanes of at least 4 members (excludes halogenated alkanes) is 2. The molecule has 3 rings (SSSR count). The van der Waals surface area contributed by atoms with E-state index < -0.39 is 8.07 Å². The Kier molecular flexibility index (Phi) is 4.33. The molecule has 120 valence electrons. The van der Waals surface area contributed by atoms with Gasteiger partial charge >= 0.3 is 0 Å². The van der Waals surface area contributed by atoms with Gasteiger partial charge in [-0.1, -0.05) is 80.7 Å². The third-order valence-corrected chi connectivity index (χ3v) is 8.90. The van der Waals surface area contributed by atoms with E-state index in [0.29, 0.717) is 0 Å². The van der Waals surface area contributed by atoms with E-state index in [1.165, 1.54) is 30.4 Å². The zero-order chi connectivity index (χ0) is 16.5. The molecule has 0 heterocycles. The highest BCUT2D eigenvalue weighted by Crippen LogP contribution is 2.55. The van der Waals surface area contributed by atoms with Crippen molar-refractivity contribution in [2.45, 2.75) is 50.4 Å². The molecule has 2 aromatic rings. The first-order valence-corrected chi connectivity index (χ1v) is 12.3. The largest absolute Gasteiger partial charge is 0.103 e. The molecule has 0 atom stereocenters. The normalized spacial score (nSPS) is 15.1. The number of benzene rings is 2. The average Bonchev–Trinajstić information content (AvgIpc) is 2.83. The van der Waals surface area contributed by atoms with E-state index in [0.717, 1.165) is 6.42 Å². The quantitative estimate of drug-likeness (QED) is 0.320. The molecule has 0 saturated carbocycles. The van der Waals surface area contributed by atoms with Gasteiger partial charge in [-0.25, -0.2) is 0 Å². The van der Waals surface area contributed by atoms with Crippen molar-refractivity contribution in [3.63, 3.8) is 0 Å². The number of rotatable bonds is 6. The molecule has 0 fully saturated rings. The van der Waals surface area contributed by atoms with E-state index in [1.54, 1.807) is 11.1 Å². The van der Waals surface area contributed by atoms with Crippen LogP contribution in [0, 0.1) is 0 Å². The molecule has 0 saturated heterocycles. The van der Waals surface area contributed by atoms with Crippen LogP contribution in [0.2, 0.25) is 19.6 Å². The van der Waals surface area contributed by atoms with Crippen LogP contribution >= 0.6 is 0 Å². The highest BCUT2D eigenvalue weighted by Gasteiger charge is 2.50. The van der Waals surface area contributed by atoms with Gasteiger partial charge in [-0.2, -0.15) is 0 Å². The molecule has 1 aliphatic carbocycles. The molecule has 0 aliphatic heterocycles. The van der Waals surface area contributed by atoms with Crippen molar-refractivity contribution in [1.29, 1.82) is 0 Å². The van der Waals surface area contributed by atoms with Crippen LogP contribution < -0.4 is 0 Å². The lowest BCUT2D eigenvalue weighted by atomic mass is 9.89. The summed E-state index contributed by atoms with van der Waals surface area (Å²) in [7, 11) is -1.46. The molecular formula is C22H28Si. The van der Waals surface area contributed by atoms with Gasteiger partial charge in [0.15, 0.2) is 0 Å². The van der Waals surface area contributed by atoms with Gasteiger partial charge in [-0.05, 0) is 41.5 Å². The lowest BCUT2D eigenvalue weighted by molar-refractivity contribution is 0.574. The van der Waals surface area contributed by atoms with Crippen molar-refractivity contribution in [2.24, 2.45) is 0 Å². The van der Waals surface area contributed by atoms with Crippen LogP contribution in [0.1, 0.15) is 36.8 Å². The summed E-state index contributed by atoms with van der Waals surface area (Å²) in [6, 6.07) is 18.2. The lowest BCUT2D eigenvalue weighted by Crippen LogP contribution is -2.49. The Morgan fingerprint density at radius 2 is 1.39 bits per heavy atom. The van der Waals surface area contributed by atoms with Crippen LogP contribution in [0.25, 0.3) is 11.1 Å². The fourth-order valence-corrected chi connectivity index (χ4v) is 7.44. The van der Waals surface area contributed by atoms with Gasteiger partial charge in [0.05, 0.1) is 8.07 Å². The lowest BCUT2D eigenvalue weighted by Gasteiger charge is -2.43. The van der Waals surface area contributed by atoms with Gasteiger partial charge in [0.2, 0.25) is 0 Å². The molecule has 0 unspecified atom stereocenters. The maximum atomic E-state index is 3.88. The van der Waals surface area contributed by atoms with E-state index in [2.05, 4.69) is 80.8 Å².